The van der Waals surface area contributed by atoms with E-state index in [1.165, 1.54) is 12.2 Å². The summed E-state index contributed by atoms with van der Waals surface area (Å²) in [6, 6.07) is 0. The van der Waals surface area contributed by atoms with Gasteiger partial charge >= 0.3 is 11.9 Å². The molecule has 0 fully saturated rings. The molecule has 0 saturated heterocycles. The van der Waals surface area contributed by atoms with Gasteiger partial charge in [-0.1, -0.05) is 26.7 Å². The Morgan fingerprint density at radius 3 is 1.46 bits per heavy atom. The van der Waals surface area contributed by atoms with Gasteiger partial charge < -0.3 is 20.1 Å². The Kier molecular flexibility index (Phi) is 15.2. The zero-order chi connectivity index (χ0) is 19.6. The van der Waals surface area contributed by atoms with Crippen LogP contribution in [0.4, 0.5) is 0 Å². The lowest BCUT2D eigenvalue weighted by Gasteiger charge is -2.07. The maximum atomic E-state index is 11.6. The van der Waals surface area contributed by atoms with E-state index >= 15 is 0 Å². The molecule has 26 heavy (non-hydrogen) atoms. The molecule has 0 spiro atoms. The predicted octanol–water partition coefficient (Wildman–Crippen LogP) is 3.44. The van der Waals surface area contributed by atoms with Crippen molar-refractivity contribution in [1.82, 2.24) is 10.6 Å². The fraction of sp³-hybridized carbons (Fsp3) is 0.700. The highest BCUT2D eigenvalue weighted by Gasteiger charge is 2.02. The van der Waals surface area contributed by atoms with Crippen LogP contribution in [0.2, 0.25) is 0 Å². The maximum absolute atomic E-state index is 11.6. The molecule has 0 aliphatic carbocycles. The summed E-state index contributed by atoms with van der Waals surface area (Å²) in [5, 5.41) is 6.32. The fourth-order valence-electron chi connectivity index (χ4n) is 2.01. The molecule has 0 aromatic heterocycles. The van der Waals surface area contributed by atoms with Crippen molar-refractivity contribution >= 4 is 11.9 Å². The van der Waals surface area contributed by atoms with Crippen LogP contribution in [0.5, 0.6) is 0 Å². The van der Waals surface area contributed by atoms with Gasteiger partial charge in [-0.2, -0.15) is 0 Å². The van der Waals surface area contributed by atoms with E-state index in [1.54, 1.807) is 0 Å². The maximum Gasteiger partial charge on any atom is 0.332 e. The Morgan fingerprint density at radius 1 is 0.731 bits per heavy atom. The van der Waals surface area contributed by atoms with Gasteiger partial charge in [0.2, 0.25) is 0 Å². The number of nitrogens with one attached hydrogen (secondary N) is 2. The second-order valence-corrected chi connectivity index (χ2v) is 6.26. The van der Waals surface area contributed by atoms with E-state index < -0.39 is 0 Å². The first-order chi connectivity index (χ1) is 12.5. The Hall–Kier alpha value is -1.98. The zero-order valence-electron chi connectivity index (χ0n) is 16.9. The van der Waals surface area contributed by atoms with Gasteiger partial charge in [0.05, 0.1) is 13.2 Å². The number of carbonyl (C=O) groups excluding carboxylic acids is 2. The predicted molar refractivity (Wildman–Crippen MR) is 104 cm³/mol. The third-order valence-corrected chi connectivity index (χ3v) is 3.56. The first-order valence-corrected chi connectivity index (χ1v) is 9.67. The van der Waals surface area contributed by atoms with Crippen molar-refractivity contribution in [3.05, 3.63) is 23.5 Å². The quantitative estimate of drug-likeness (QED) is 0.262. The van der Waals surface area contributed by atoms with Gasteiger partial charge in [0, 0.05) is 36.6 Å². The van der Waals surface area contributed by atoms with Crippen LogP contribution in [0.25, 0.3) is 0 Å². The van der Waals surface area contributed by atoms with Crippen LogP contribution in [0, 0.1) is 0 Å². The molecule has 0 unspecified atom stereocenters. The fourth-order valence-corrected chi connectivity index (χ4v) is 2.01. The molecule has 0 heterocycles. The Bertz CT molecular complexity index is 417. The SMILES string of the molecule is CCCCN/C(C)=C\C(=O)OCCCCOC(=O)/C=C(/C)NCCCC. The van der Waals surface area contributed by atoms with Crippen LogP contribution < -0.4 is 10.6 Å². The smallest absolute Gasteiger partial charge is 0.332 e. The van der Waals surface area contributed by atoms with Crippen molar-refractivity contribution in [3.63, 3.8) is 0 Å². The van der Waals surface area contributed by atoms with Crippen LogP contribution in [-0.4, -0.2) is 38.2 Å². The minimum atomic E-state index is -0.347. The number of allylic oxidation sites excluding steroid dienone is 2. The summed E-state index contributed by atoms with van der Waals surface area (Å²) >= 11 is 0. The molecule has 0 aromatic carbocycles. The van der Waals surface area contributed by atoms with E-state index in [-0.39, 0.29) is 11.9 Å². The average Bonchev–Trinajstić information content (AvgIpc) is 2.58. The van der Waals surface area contributed by atoms with Crippen molar-refractivity contribution in [2.45, 2.75) is 66.2 Å². The third kappa shape index (κ3) is 15.5. The highest BCUT2D eigenvalue weighted by molar-refractivity contribution is 5.83. The van der Waals surface area contributed by atoms with E-state index in [1.807, 2.05) is 13.8 Å². The van der Waals surface area contributed by atoms with E-state index in [4.69, 9.17) is 9.47 Å². The van der Waals surface area contributed by atoms with Crippen LogP contribution >= 0.6 is 0 Å². The molecule has 0 aliphatic heterocycles. The average molecular weight is 369 g/mol. The van der Waals surface area contributed by atoms with Crippen LogP contribution in [-0.2, 0) is 19.1 Å². The first kappa shape index (κ1) is 24.0. The molecule has 150 valence electrons. The minimum Gasteiger partial charge on any atom is -0.462 e. The summed E-state index contributed by atoms with van der Waals surface area (Å²) in [4.78, 5) is 23.2. The van der Waals surface area contributed by atoms with Gasteiger partial charge in [0.15, 0.2) is 0 Å². The van der Waals surface area contributed by atoms with Crippen LogP contribution in [0.15, 0.2) is 23.5 Å². The Balaban J connectivity index is 3.73. The molecule has 0 rings (SSSR count). The molecule has 0 saturated carbocycles. The first-order valence-electron chi connectivity index (χ1n) is 9.67. The lowest BCUT2D eigenvalue weighted by Crippen LogP contribution is -2.15. The zero-order valence-corrected chi connectivity index (χ0v) is 16.9. The highest BCUT2D eigenvalue weighted by atomic mass is 16.5. The summed E-state index contributed by atoms with van der Waals surface area (Å²) in [7, 11) is 0. The van der Waals surface area contributed by atoms with E-state index in [2.05, 4.69) is 24.5 Å². The Morgan fingerprint density at radius 2 is 1.12 bits per heavy atom. The van der Waals surface area contributed by atoms with Crippen molar-refractivity contribution in [3.8, 4) is 0 Å². The molecule has 0 aliphatic rings. The molecule has 0 radical (unpaired) electrons. The van der Waals surface area contributed by atoms with Crippen molar-refractivity contribution in [2.75, 3.05) is 26.3 Å². The van der Waals surface area contributed by atoms with Crippen LogP contribution in [0.3, 0.4) is 0 Å². The number of rotatable bonds is 15. The summed E-state index contributed by atoms with van der Waals surface area (Å²) in [5.41, 5.74) is 1.62. The van der Waals surface area contributed by atoms with Crippen molar-refractivity contribution in [1.29, 1.82) is 0 Å². The third-order valence-electron chi connectivity index (χ3n) is 3.56. The molecule has 2 N–H and O–H groups in total. The lowest BCUT2D eigenvalue weighted by atomic mass is 10.3. The van der Waals surface area contributed by atoms with Crippen molar-refractivity contribution < 1.29 is 19.1 Å². The Labute approximate surface area is 158 Å². The van der Waals surface area contributed by atoms with E-state index in [9.17, 15) is 9.59 Å². The summed E-state index contributed by atoms with van der Waals surface area (Å²) < 4.78 is 10.3. The number of hydrogen-bond acceptors (Lipinski definition) is 6. The lowest BCUT2D eigenvalue weighted by molar-refractivity contribution is -0.140. The largest absolute Gasteiger partial charge is 0.462 e. The van der Waals surface area contributed by atoms with E-state index in [0.717, 1.165) is 50.2 Å². The normalized spacial score (nSPS) is 11.8. The number of hydrogen-bond donors (Lipinski definition) is 2. The molecule has 0 atom stereocenters. The standard InChI is InChI=1S/C20H36N2O4/c1-5-7-11-21-17(3)15-19(23)25-13-9-10-14-26-20(24)16-18(4)22-12-8-6-2/h15-16,21-22H,5-14H2,1-4H3/b17-15-,18-16-. The molecular weight excluding hydrogens is 332 g/mol. The van der Waals surface area contributed by atoms with Gasteiger partial charge in [0.1, 0.15) is 0 Å². The number of unbranched alkanes of at least 4 members (excludes halogenated alkanes) is 3. The molecule has 6 nitrogen and oxygen atoms in total. The second-order valence-electron chi connectivity index (χ2n) is 6.26. The number of carbonyl (C=O) groups is 2. The number of ether oxygens (including phenoxy) is 2. The van der Waals surface area contributed by atoms with Crippen LogP contribution in [0.1, 0.15) is 66.2 Å². The minimum absolute atomic E-state index is 0.322. The van der Waals surface area contributed by atoms with Gasteiger partial charge in [-0.3, -0.25) is 0 Å². The molecule has 6 heteroatoms. The topological polar surface area (TPSA) is 76.7 Å². The molecule has 0 bridgehead atoms. The summed E-state index contributed by atoms with van der Waals surface area (Å²) in [6.45, 7) is 10.3. The van der Waals surface area contributed by atoms with Gasteiger partial charge in [-0.15, -0.1) is 0 Å². The number of esters is 2. The van der Waals surface area contributed by atoms with Gasteiger partial charge in [-0.25, -0.2) is 9.59 Å². The highest BCUT2D eigenvalue weighted by Crippen LogP contribution is 1.97. The molecule has 0 aromatic rings. The molecular formula is C20H36N2O4. The monoisotopic (exact) mass is 368 g/mol. The van der Waals surface area contributed by atoms with Gasteiger partial charge in [0.25, 0.3) is 0 Å². The van der Waals surface area contributed by atoms with Gasteiger partial charge in [-0.05, 0) is 39.5 Å². The van der Waals surface area contributed by atoms with E-state index in [0.29, 0.717) is 26.1 Å². The second kappa shape index (κ2) is 16.5. The summed E-state index contributed by atoms with van der Waals surface area (Å²) in [6.07, 6.45) is 8.62. The summed E-state index contributed by atoms with van der Waals surface area (Å²) in [5.74, 6) is -0.694. The molecule has 0 amide bonds. The van der Waals surface area contributed by atoms with Crippen molar-refractivity contribution in [2.24, 2.45) is 0 Å².